The minimum Gasteiger partial charge on any atom is -0.333 e. The summed E-state index contributed by atoms with van der Waals surface area (Å²) >= 11 is 3.36. The van der Waals surface area contributed by atoms with E-state index in [2.05, 4.69) is 37.2 Å². The minimum absolute atomic E-state index is 0.0246. The van der Waals surface area contributed by atoms with Gasteiger partial charge >= 0.3 is 6.03 Å². The molecule has 9 heteroatoms. The van der Waals surface area contributed by atoms with E-state index in [4.69, 9.17) is 5.26 Å². The number of hydrogen-bond acceptors (Lipinski definition) is 5. The van der Waals surface area contributed by atoms with Crippen LogP contribution in [0.3, 0.4) is 0 Å². The van der Waals surface area contributed by atoms with Gasteiger partial charge in [0.25, 0.3) is 0 Å². The normalized spacial score (nSPS) is 13.3. The molecule has 2 aromatic carbocycles. The maximum Gasteiger partial charge on any atom is 0.326 e. The van der Waals surface area contributed by atoms with E-state index < -0.39 is 5.82 Å². The lowest BCUT2D eigenvalue weighted by Crippen LogP contribution is -2.34. The molecule has 0 spiro atoms. The summed E-state index contributed by atoms with van der Waals surface area (Å²) in [5.41, 5.74) is 4.93. The van der Waals surface area contributed by atoms with Crippen LogP contribution >= 0.6 is 15.9 Å². The number of carbonyl (C=O) groups excluding carboxylic acids is 1. The summed E-state index contributed by atoms with van der Waals surface area (Å²) in [6.07, 6.45) is 6.15. The summed E-state index contributed by atoms with van der Waals surface area (Å²) in [6.45, 7) is 2.35. The van der Waals surface area contributed by atoms with Crippen molar-refractivity contribution in [3.63, 3.8) is 0 Å². The maximum absolute atomic E-state index is 13.9. The number of fused-ring (bicyclic) bond motifs is 3. The van der Waals surface area contributed by atoms with E-state index in [-0.39, 0.29) is 11.6 Å². The molecule has 0 aliphatic carbocycles. The molecule has 3 heterocycles. The summed E-state index contributed by atoms with van der Waals surface area (Å²) in [4.78, 5) is 19.7. The number of halogens is 2. The molecular formula is C29H22BrFN6O. The molecule has 0 bridgehead atoms. The van der Waals surface area contributed by atoms with Crippen LogP contribution in [0, 0.1) is 28.5 Å². The summed E-state index contributed by atoms with van der Waals surface area (Å²) in [5, 5.41) is 22.3. The summed E-state index contributed by atoms with van der Waals surface area (Å²) in [6, 6.07) is 17.5. The van der Waals surface area contributed by atoms with Gasteiger partial charge in [-0.15, -0.1) is 0 Å². The quantitative estimate of drug-likeness (QED) is 0.320. The van der Waals surface area contributed by atoms with Gasteiger partial charge in [0, 0.05) is 49.9 Å². The third-order valence-corrected chi connectivity index (χ3v) is 7.02. The Labute approximate surface area is 227 Å². The Morgan fingerprint density at radius 3 is 2.79 bits per heavy atom. The molecule has 1 aliphatic heterocycles. The van der Waals surface area contributed by atoms with E-state index in [0.29, 0.717) is 41.8 Å². The van der Waals surface area contributed by atoms with E-state index in [1.807, 2.05) is 42.5 Å². The largest absolute Gasteiger partial charge is 0.333 e. The van der Waals surface area contributed by atoms with Crippen molar-refractivity contribution >= 4 is 38.9 Å². The number of nitriles is 2. The molecule has 2 aromatic heterocycles. The van der Waals surface area contributed by atoms with Gasteiger partial charge in [-0.3, -0.25) is 9.47 Å². The Balaban J connectivity index is 1.38. The number of aromatic nitrogens is 2. The van der Waals surface area contributed by atoms with Gasteiger partial charge in [0.2, 0.25) is 0 Å². The average Bonchev–Trinajstić information content (AvgIpc) is 3.25. The number of carbonyl (C=O) groups is 1. The van der Waals surface area contributed by atoms with Gasteiger partial charge in [0.05, 0.1) is 22.7 Å². The van der Waals surface area contributed by atoms with Gasteiger partial charge in [0.1, 0.15) is 16.5 Å². The fraction of sp³-hybridized carbons (Fsp3) is 0.172. The maximum atomic E-state index is 13.9. The van der Waals surface area contributed by atoms with Crippen LogP contribution in [0.15, 0.2) is 65.4 Å². The molecular weight excluding hydrogens is 547 g/mol. The van der Waals surface area contributed by atoms with Gasteiger partial charge in [0.15, 0.2) is 0 Å². The molecule has 1 aliphatic rings. The molecule has 188 valence electrons. The molecule has 0 atom stereocenters. The van der Waals surface area contributed by atoms with Crippen LogP contribution in [0.1, 0.15) is 33.5 Å². The van der Waals surface area contributed by atoms with Crippen molar-refractivity contribution in [1.82, 2.24) is 19.8 Å². The zero-order valence-corrected chi connectivity index (χ0v) is 21.9. The molecule has 0 radical (unpaired) electrons. The lowest BCUT2D eigenvalue weighted by atomic mass is 10.0. The predicted octanol–water partition coefficient (Wildman–Crippen LogP) is 5.51. The third kappa shape index (κ3) is 5.21. The van der Waals surface area contributed by atoms with E-state index in [1.54, 1.807) is 22.9 Å². The number of pyridine rings is 1. The minimum atomic E-state index is -0.534. The number of amides is 1. The Bertz CT molecular complexity index is 1660. The zero-order valence-electron chi connectivity index (χ0n) is 20.3. The fourth-order valence-corrected chi connectivity index (χ4v) is 5.16. The van der Waals surface area contributed by atoms with E-state index in [1.165, 1.54) is 12.1 Å². The third-order valence-electron chi connectivity index (χ3n) is 6.58. The molecule has 0 saturated heterocycles. The second-order valence-electron chi connectivity index (χ2n) is 8.99. The lowest BCUT2D eigenvalue weighted by Gasteiger charge is -2.27. The highest BCUT2D eigenvalue weighted by molar-refractivity contribution is 9.10. The number of hydrogen-bond donors (Lipinski definition) is 1. The van der Waals surface area contributed by atoms with Crippen molar-refractivity contribution in [2.75, 3.05) is 13.1 Å². The van der Waals surface area contributed by atoms with Crippen molar-refractivity contribution in [1.29, 1.82) is 10.5 Å². The number of nitrogens with zero attached hydrogens (tertiary/aromatic N) is 5. The van der Waals surface area contributed by atoms with Crippen LogP contribution in [0.4, 0.5) is 9.18 Å². The van der Waals surface area contributed by atoms with Crippen molar-refractivity contribution in [2.24, 2.45) is 0 Å². The standard InChI is InChI=1S/C29H22BrFN6O/c30-28-14-21(7-9-34-28)17-35-29(38)37-26-6-4-20(15-32)12-23(26)24-18-36(11-8-27(24)37)10-1-2-19-3-5-22(16-33)25(31)13-19/h1-7,9,12-14H,8,10-11,17-18H2,(H,35,38). The van der Waals surface area contributed by atoms with Gasteiger partial charge in [-0.1, -0.05) is 18.2 Å². The van der Waals surface area contributed by atoms with Gasteiger partial charge in [-0.05, 0) is 75.1 Å². The van der Waals surface area contributed by atoms with Crippen LogP contribution < -0.4 is 5.32 Å². The number of nitrogens with one attached hydrogen (secondary N) is 1. The predicted molar refractivity (Wildman–Crippen MR) is 145 cm³/mol. The average molecular weight is 569 g/mol. The molecule has 0 unspecified atom stereocenters. The highest BCUT2D eigenvalue weighted by Crippen LogP contribution is 2.32. The first-order valence-corrected chi connectivity index (χ1v) is 12.8. The van der Waals surface area contributed by atoms with Gasteiger partial charge in [-0.2, -0.15) is 10.5 Å². The highest BCUT2D eigenvalue weighted by Gasteiger charge is 2.26. The van der Waals surface area contributed by atoms with E-state index in [9.17, 15) is 14.4 Å². The van der Waals surface area contributed by atoms with Crippen LogP contribution in [0.25, 0.3) is 17.0 Å². The summed E-state index contributed by atoms with van der Waals surface area (Å²) in [7, 11) is 0. The second-order valence-corrected chi connectivity index (χ2v) is 9.80. The molecule has 7 nitrogen and oxygen atoms in total. The van der Waals surface area contributed by atoms with Gasteiger partial charge < -0.3 is 5.32 Å². The van der Waals surface area contributed by atoms with Crippen LogP contribution in [-0.2, 0) is 19.5 Å². The SMILES string of the molecule is N#Cc1ccc2c(c1)c1c(n2C(=O)NCc2ccnc(Br)c2)CCN(CC=Cc2ccc(C#N)c(F)c2)C1. The van der Waals surface area contributed by atoms with Gasteiger partial charge in [-0.25, -0.2) is 14.2 Å². The molecule has 4 aromatic rings. The van der Waals surface area contributed by atoms with E-state index in [0.717, 1.165) is 34.3 Å². The van der Waals surface area contributed by atoms with Crippen molar-refractivity contribution in [3.05, 3.63) is 105 Å². The Kier molecular flexibility index (Phi) is 7.32. The Morgan fingerprint density at radius 1 is 1.16 bits per heavy atom. The molecule has 1 amide bonds. The highest BCUT2D eigenvalue weighted by atomic mass is 79.9. The monoisotopic (exact) mass is 568 g/mol. The summed E-state index contributed by atoms with van der Waals surface area (Å²) < 4.78 is 16.4. The Hall–Kier alpha value is -4.31. The van der Waals surface area contributed by atoms with Crippen LogP contribution in [0.5, 0.6) is 0 Å². The Morgan fingerprint density at radius 2 is 2.03 bits per heavy atom. The second kappa shape index (κ2) is 11.0. The zero-order chi connectivity index (χ0) is 26.6. The molecule has 0 saturated carbocycles. The molecule has 5 rings (SSSR count). The first kappa shape index (κ1) is 25.3. The first-order valence-electron chi connectivity index (χ1n) is 12.0. The fourth-order valence-electron chi connectivity index (χ4n) is 4.74. The topological polar surface area (TPSA) is 97.7 Å². The number of benzene rings is 2. The smallest absolute Gasteiger partial charge is 0.326 e. The van der Waals surface area contributed by atoms with E-state index >= 15 is 0 Å². The van der Waals surface area contributed by atoms with Crippen LogP contribution in [-0.4, -0.2) is 33.6 Å². The first-order chi connectivity index (χ1) is 18.5. The number of rotatable bonds is 5. The van der Waals surface area contributed by atoms with Crippen molar-refractivity contribution < 1.29 is 9.18 Å². The van der Waals surface area contributed by atoms with Crippen LogP contribution in [0.2, 0.25) is 0 Å². The molecule has 0 fully saturated rings. The molecule has 38 heavy (non-hydrogen) atoms. The van der Waals surface area contributed by atoms with Crippen molar-refractivity contribution in [3.8, 4) is 12.1 Å². The molecule has 1 N–H and O–H groups in total. The lowest BCUT2D eigenvalue weighted by molar-refractivity contribution is 0.240. The van der Waals surface area contributed by atoms with Crippen molar-refractivity contribution in [2.45, 2.75) is 19.5 Å². The summed E-state index contributed by atoms with van der Waals surface area (Å²) in [5.74, 6) is -0.534.